The van der Waals surface area contributed by atoms with Gasteiger partial charge in [-0.1, -0.05) is 13.8 Å². The first-order chi connectivity index (χ1) is 13.2. The average Bonchev–Trinajstić information content (AvgIpc) is 2.65. The lowest BCUT2D eigenvalue weighted by atomic mass is 10.1. The normalized spacial score (nSPS) is 16.0. The fraction of sp³-hybridized carbons (Fsp3) is 0.550. The number of hydrogen-bond acceptors (Lipinski definition) is 5. The van der Waals surface area contributed by atoms with Crippen LogP contribution >= 0.6 is 0 Å². The lowest BCUT2D eigenvalue weighted by molar-refractivity contribution is -0.124. The Hall–Kier alpha value is -2.48. The number of piperazine rings is 1. The number of hydrogen-bond donors (Lipinski definition) is 2. The van der Waals surface area contributed by atoms with Gasteiger partial charge < -0.3 is 10.2 Å². The second kappa shape index (κ2) is 9.64. The highest BCUT2D eigenvalue weighted by atomic mass is 19.1. The third kappa shape index (κ3) is 5.76. The van der Waals surface area contributed by atoms with Crippen LogP contribution < -0.4 is 15.5 Å². The third-order valence-corrected chi connectivity index (χ3v) is 4.84. The van der Waals surface area contributed by atoms with Crippen molar-refractivity contribution in [2.24, 2.45) is 5.92 Å². The second-order valence-electron chi connectivity index (χ2n) is 7.51. The molecule has 1 heterocycles. The molecule has 0 saturated carbocycles. The zero-order valence-corrected chi connectivity index (χ0v) is 16.9. The minimum atomic E-state index is -0.489. The summed E-state index contributed by atoms with van der Waals surface area (Å²) in [7, 11) is 0. The highest BCUT2D eigenvalue weighted by Gasteiger charge is 2.27. The highest BCUT2D eigenvalue weighted by molar-refractivity contribution is 5.96. The molecule has 0 spiro atoms. The molecule has 1 atom stereocenters. The number of carbonyl (C=O) groups is 3. The van der Waals surface area contributed by atoms with E-state index in [2.05, 4.69) is 10.6 Å². The van der Waals surface area contributed by atoms with Crippen LogP contribution in [0.15, 0.2) is 18.2 Å². The molecule has 1 aromatic rings. The Bertz CT molecular complexity index is 730. The Morgan fingerprint density at radius 3 is 2.29 bits per heavy atom. The predicted molar refractivity (Wildman–Crippen MR) is 106 cm³/mol. The lowest BCUT2D eigenvalue weighted by Crippen LogP contribution is -2.55. The minimum Gasteiger partial charge on any atom is -0.367 e. The molecule has 0 aliphatic carbocycles. The lowest BCUT2D eigenvalue weighted by Gasteiger charge is -2.38. The molecule has 1 aliphatic heterocycles. The van der Waals surface area contributed by atoms with Gasteiger partial charge in [0.05, 0.1) is 11.7 Å². The van der Waals surface area contributed by atoms with Crippen molar-refractivity contribution in [3.8, 4) is 0 Å². The van der Waals surface area contributed by atoms with Gasteiger partial charge in [-0.25, -0.2) is 9.18 Å². The number of nitrogens with one attached hydrogen (secondary N) is 2. The van der Waals surface area contributed by atoms with E-state index >= 15 is 0 Å². The second-order valence-corrected chi connectivity index (χ2v) is 7.51. The van der Waals surface area contributed by atoms with E-state index in [0.717, 1.165) is 0 Å². The van der Waals surface area contributed by atoms with Crippen molar-refractivity contribution in [2.45, 2.75) is 33.7 Å². The molecule has 0 bridgehead atoms. The van der Waals surface area contributed by atoms with Crippen molar-refractivity contribution in [2.75, 3.05) is 37.6 Å². The van der Waals surface area contributed by atoms with Crippen LogP contribution in [-0.4, -0.2) is 61.4 Å². The average molecular weight is 392 g/mol. The van der Waals surface area contributed by atoms with Crippen LogP contribution in [0.5, 0.6) is 0 Å². The maximum Gasteiger partial charge on any atom is 0.321 e. The topological polar surface area (TPSA) is 81.8 Å². The maximum absolute atomic E-state index is 14.3. The smallest absolute Gasteiger partial charge is 0.321 e. The number of carbonyl (C=O) groups excluding carboxylic acids is 3. The Kier molecular flexibility index (Phi) is 7.51. The zero-order chi connectivity index (χ0) is 20.8. The molecular weight excluding hydrogens is 363 g/mol. The summed E-state index contributed by atoms with van der Waals surface area (Å²) < 4.78 is 14.3. The Labute approximate surface area is 165 Å². The van der Waals surface area contributed by atoms with E-state index in [1.54, 1.807) is 19.1 Å². The molecule has 7 nitrogen and oxygen atoms in total. The van der Waals surface area contributed by atoms with Gasteiger partial charge in [0.1, 0.15) is 5.82 Å². The van der Waals surface area contributed by atoms with Crippen molar-refractivity contribution in [3.63, 3.8) is 0 Å². The van der Waals surface area contributed by atoms with Crippen LogP contribution in [0, 0.1) is 11.7 Å². The number of Topliss-reactive ketones (excluding diaryl/α,β-unsaturated/α-hetero) is 1. The summed E-state index contributed by atoms with van der Waals surface area (Å²) in [6.07, 6.45) is 0. The molecule has 1 aromatic carbocycles. The number of urea groups is 1. The summed E-state index contributed by atoms with van der Waals surface area (Å²) in [5, 5.41) is 5.02. The van der Waals surface area contributed by atoms with Crippen LogP contribution in [0.25, 0.3) is 0 Å². The van der Waals surface area contributed by atoms with E-state index in [-0.39, 0.29) is 11.7 Å². The fourth-order valence-corrected chi connectivity index (χ4v) is 3.06. The van der Waals surface area contributed by atoms with Gasteiger partial charge in [-0.3, -0.25) is 19.8 Å². The van der Waals surface area contributed by atoms with Crippen LogP contribution in [0.4, 0.5) is 14.9 Å². The number of halogens is 1. The van der Waals surface area contributed by atoms with Gasteiger partial charge in [-0.2, -0.15) is 0 Å². The molecule has 0 radical (unpaired) electrons. The van der Waals surface area contributed by atoms with Crippen LogP contribution in [-0.2, 0) is 4.79 Å². The van der Waals surface area contributed by atoms with Crippen LogP contribution in [0.2, 0.25) is 0 Å². The number of benzene rings is 1. The largest absolute Gasteiger partial charge is 0.367 e. The molecule has 2 N–H and O–H groups in total. The van der Waals surface area contributed by atoms with Crippen molar-refractivity contribution in [3.05, 3.63) is 29.6 Å². The van der Waals surface area contributed by atoms with Crippen LogP contribution in [0.1, 0.15) is 38.1 Å². The van der Waals surface area contributed by atoms with E-state index in [0.29, 0.717) is 49.9 Å². The Balaban J connectivity index is 1.88. The summed E-state index contributed by atoms with van der Waals surface area (Å²) in [5.41, 5.74) is 0.802. The number of imide groups is 1. The number of rotatable bonds is 6. The molecule has 1 saturated heterocycles. The summed E-state index contributed by atoms with van der Waals surface area (Å²) in [4.78, 5) is 39.3. The molecule has 0 aromatic heterocycles. The van der Waals surface area contributed by atoms with Crippen molar-refractivity contribution < 1.29 is 18.8 Å². The van der Waals surface area contributed by atoms with E-state index in [9.17, 15) is 18.8 Å². The van der Waals surface area contributed by atoms with Crippen molar-refractivity contribution >= 4 is 23.4 Å². The molecular formula is C20H29FN4O3. The third-order valence-electron chi connectivity index (χ3n) is 4.84. The standard InChI is InChI=1S/C20H29FN4O3/c1-13(2)12-22-20(28)23-19(27)14(3)24-7-9-25(10-8-24)18-6-5-16(15(4)26)11-17(18)21/h5-6,11,13-14H,7-10,12H2,1-4H3,(H2,22,23,27,28). The predicted octanol–water partition coefficient (Wildman–Crippen LogP) is 2.02. The van der Waals surface area contributed by atoms with Gasteiger partial charge >= 0.3 is 6.03 Å². The number of anilines is 1. The molecule has 3 amide bonds. The van der Waals surface area contributed by atoms with Gasteiger partial charge in [-0.05, 0) is 38.0 Å². The minimum absolute atomic E-state index is 0.174. The van der Waals surface area contributed by atoms with Gasteiger partial charge in [-0.15, -0.1) is 0 Å². The molecule has 1 aliphatic rings. The Morgan fingerprint density at radius 2 is 1.75 bits per heavy atom. The first-order valence-corrected chi connectivity index (χ1v) is 9.57. The molecule has 1 fully saturated rings. The van der Waals surface area contributed by atoms with Gasteiger partial charge in [0, 0.05) is 38.3 Å². The summed E-state index contributed by atoms with van der Waals surface area (Å²) >= 11 is 0. The van der Waals surface area contributed by atoms with E-state index in [1.165, 1.54) is 13.0 Å². The molecule has 154 valence electrons. The van der Waals surface area contributed by atoms with Gasteiger partial charge in [0.2, 0.25) is 5.91 Å². The highest BCUT2D eigenvalue weighted by Crippen LogP contribution is 2.22. The maximum atomic E-state index is 14.3. The zero-order valence-electron chi connectivity index (χ0n) is 16.9. The molecule has 1 unspecified atom stereocenters. The molecule has 2 rings (SSSR count). The quantitative estimate of drug-likeness (QED) is 0.724. The van der Waals surface area contributed by atoms with Crippen molar-refractivity contribution in [1.29, 1.82) is 0 Å². The number of nitrogens with zero attached hydrogens (tertiary/aromatic N) is 2. The van der Waals surface area contributed by atoms with E-state index in [4.69, 9.17) is 0 Å². The van der Waals surface area contributed by atoms with Crippen molar-refractivity contribution in [1.82, 2.24) is 15.5 Å². The van der Waals surface area contributed by atoms with E-state index < -0.39 is 17.9 Å². The summed E-state index contributed by atoms with van der Waals surface area (Å²) in [6, 6.07) is 3.56. The number of amides is 3. The van der Waals surface area contributed by atoms with Gasteiger partial charge in [0.15, 0.2) is 5.78 Å². The molecule has 8 heteroatoms. The molecule has 28 heavy (non-hydrogen) atoms. The SMILES string of the molecule is CC(=O)c1ccc(N2CCN(C(C)C(=O)NC(=O)NCC(C)C)CC2)c(F)c1. The van der Waals surface area contributed by atoms with Gasteiger partial charge in [0.25, 0.3) is 0 Å². The first-order valence-electron chi connectivity index (χ1n) is 9.57. The van der Waals surface area contributed by atoms with E-state index in [1.807, 2.05) is 23.6 Å². The Morgan fingerprint density at radius 1 is 1.11 bits per heavy atom. The number of ketones is 1. The monoisotopic (exact) mass is 392 g/mol. The summed E-state index contributed by atoms with van der Waals surface area (Å²) in [5.74, 6) is -0.649. The van der Waals surface area contributed by atoms with Crippen LogP contribution in [0.3, 0.4) is 0 Å². The summed E-state index contributed by atoms with van der Waals surface area (Å²) in [6.45, 7) is 9.83. The fourth-order valence-electron chi connectivity index (χ4n) is 3.06. The first kappa shape index (κ1) is 21.8.